The van der Waals surface area contributed by atoms with Crippen molar-refractivity contribution in [2.24, 2.45) is 5.92 Å². The molecule has 3 rings (SSSR count). The normalized spacial score (nSPS) is 18.1. The molecule has 1 heterocycles. The number of carbonyl (C=O) groups excluding carboxylic acids is 2. The smallest absolute Gasteiger partial charge is 0.263 e. The summed E-state index contributed by atoms with van der Waals surface area (Å²) in [5, 5.41) is 5.27. The number of amides is 2. The number of rotatable bonds is 6. The van der Waals surface area contributed by atoms with Crippen molar-refractivity contribution in [1.82, 2.24) is 10.6 Å². The molecule has 0 unspecified atom stereocenters. The van der Waals surface area contributed by atoms with Crippen LogP contribution in [0.5, 0.6) is 5.75 Å². The van der Waals surface area contributed by atoms with Gasteiger partial charge in [-0.05, 0) is 54.7 Å². The van der Waals surface area contributed by atoms with Gasteiger partial charge in [0.05, 0.1) is 11.6 Å². The molecule has 1 aliphatic carbocycles. The first kappa shape index (κ1) is 19.8. The molecule has 2 amide bonds. The van der Waals surface area contributed by atoms with Crippen molar-refractivity contribution < 1.29 is 14.3 Å². The minimum absolute atomic E-state index is 0.0113. The summed E-state index contributed by atoms with van der Waals surface area (Å²) in [4.78, 5) is 23.8. The summed E-state index contributed by atoms with van der Waals surface area (Å²) in [7, 11) is 0. The fourth-order valence-electron chi connectivity index (χ4n) is 3.53. The van der Waals surface area contributed by atoms with E-state index >= 15 is 0 Å². The predicted octanol–water partition coefficient (Wildman–Crippen LogP) is 3.99. The molecule has 2 fully saturated rings. The molecular formula is C20H23ClN2O3S. The van der Waals surface area contributed by atoms with Gasteiger partial charge >= 0.3 is 0 Å². The highest BCUT2D eigenvalue weighted by Gasteiger charge is 2.25. The average molecular weight is 407 g/mol. The SMILES string of the molecule is O=C1NC(=S)NC(=O)C1=Cc1ccc(OCCCC2CCCCC2)c(Cl)c1. The highest BCUT2D eigenvalue weighted by atomic mass is 35.5. The van der Waals surface area contributed by atoms with Gasteiger partial charge in [-0.1, -0.05) is 49.8 Å². The number of carbonyl (C=O) groups is 2. The second kappa shape index (κ2) is 9.33. The Morgan fingerprint density at radius 3 is 2.52 bits per heavy atom. The molecule has 0 bridgehead atoms. The first-order valence-electron chi connectivity index (χ1n) is 9.33. The first-order chi connectivity index (χ1) is 13.0. The number of ether oxygens (including phenoxy) is 1. The molecule has 5 nitrogen and oxygen atoms in total. The standard InChI is InChI=1S/C20H23ClN2O3S/c21-16-12-14(11-15-18(24)22-20(27)23-19(15)25)8-9-17(16)26-10-4-7-13-5-2-1-3-6-13/h8-9,11-13H,1-7,10H2,(H2,22,23,24,25,27). The second-order valence-electron chi connectivity index (χ2n) is 6.98. The van der Waals surface area contributed by atoms with Gasteiger partial charge in [0.15, 0.2) is 5.11 Å². The highest BCUT2D eigenvalue weighted by Crippen LogP contribution is 2.29. The quantitative estimate of drug-likeness (QED) is 0.324. The van der Waals surface area contributed by atoms with Crippen LogP contribution in [0.25, 0.3) is 6.08 Å². The Morgan fingerprint density at radius 2 is 1.85 bits per heavy atom. The molecule has 2 N–H and O–H groups in total. The summed E-state index contributed by atoms with van der Waals surface area (Å²) in [6, 6.07) is 5.21. The van der Waals surface area contributed by atoms with Gasteiger partial charge in [0.25, 0.3) is 11.8 Å². The van der Waals surface area contributed by atoms with Crippen molar-refractivity contribution in [2.45, 2.75) is 44.9 Å². The lowest BCUT2D eigenvalue weighted by Gasteiger charge is -2.21. The van der Waals surface area contributed by atoms with Crippen LogP contribution in [0.3, 0.4) is 0 Å². The van der Waals surface area contributed by atoms with Gasteiger partial charge in [-0.25, -0.2) is 0 Å². The number of hydrogen-bond donors (Lipinski definition) is 2. The molecule has 1 saturated heterocycles. The van der Waals surface area contributed by atoms with E-state index in [0.29, 0.717) is 22.9 Å². The van der Waals surface area contributed by atoms with Gasteiger partial charge in [-0.15, -0.1) is 0 Å². The first-order valence-corrected chi connectivity index (χ1v) is 10.1. The molecule has 2 aliphatic rings. The molecule has 144 valence electrons. The Bertz CT molecular complexity index is 750. The van der Waals surface area contributed by atoms with Crippen LogP contribution in [0.15, 0.2) is 23.8 Å². The van der Waals surface area contributed by atoms with Crippen LogP contribution in [-0.4, -0.2) is 23.5 Å². The van der Waals surface area contributed by atoms with E-state index in [1.54, 1.807) is 18.2 Å². The molecule has 1 saturated carbocycles. The van der Waals surface area contributed by atoms with Crippen LogP contribution < -0.4 is 15.4 Å². The lowest BCUT2D eigenvalue weighted by atomic mass is 9.86. The van der Waals surface area contributed by atoms with Crippen molar-refractivity contribution in [3.05, 3.63) is 34.4 Å². The van der Waals surface area contributed by atoms with E-state index in [1.807, 2.05) is 0 Å². The number of thiocarbonyl (C=S) groups is 1. The van der Waals surface area contributed by atoms with Crippen LogP contribution >= 0.6 is 23.8 Å². The fraction of sp³-hybridized carbons (Fsp3) is 0.450. The third-order valence-corrected chi connectivity index (χ3v) is 5.45. The lowest BCUT2D eigenvalue weighted by Crippen LogP contribution is -2.51. The average Bonchev–Trinajstić information content (AvgIpc) is 2.64. The summed E-state index contributed by atoms with van der Waals surface area (Å²) < 4.78 is 5.80. The largest absolute Gasteiger partial charge is 0.492 e. The summed E-state index contributed by atoms with van der Waals surface area (Å²) >= 11 is 11.1. The van der Waals surface area contributed by atoms with E-state index in [0.717, 1.165) is 12.3 Å². The summed E-state index contributed by atoms with van der Waals surface area (Å²) in [5.41, 5.74) is 0.628. The molecule has 1 aromatic rings. The molecule has 0 spiro atoms. The van der Waals surface area contributed by atoms with E-state index in [-0.39, 0.29) is 10.7 Å². The van der Waals surface area contributed by atoms with Crippen molar-refractivity contribution in [2.75, 3.05) is 6.61 Å². The van der Waals surface area contributed by atoms with Crippen LogP contribution in [0.2, 0.25) is 5.02 Å². The van der Waals surface area contributed by atoms with Crippen LogP contribution in [0.1, 0.15) is 50.5 Å². The summed E-state index contributed by atoms with van der Waals surface area (Å²) in [6.07, 6.45) is 10.5. The molecule has 27 heavy (non-hydrogen) atoms. The zero-order valence-electron chi connectivity index (χ0n) is 15.1. The Balaban J connectivity index is 1.55. The highest BCUT2D eigenvalue weighted by molar-refractivity contribution is 7.80. The summed E-state index contributed by atoms with van der Waals surface area (Å²) in [5.74, 6) is 0.402. The maximum absolute atomic E-state index is 11.9. The van der Waals surface area contributed by atoms with Crippen LogP contribution in [0, 0.1) is 5.92 Å². The number of hydrogen-bond acceptors (Lipinski definition) is 4. The van der Waals surface area contributed by atoms with Gasteiger partial charge in [0.2, 0.25) is 0 Å². The van der Waals surface area contributed by atoms with Crippen molar-refractivity contribution >= 4 is 46.8 Å². The Hall–Kier alpha value is -1.92. The minimum atomic E-state index is -0.525. The third kappa shape index (κ3) is 5.53. The van der Waals surface area contributed by atoms with E-state index in [2.05, 4.69) is 10.6 Å². The second-order valence-corrected chi connectivity index (χ2v) is 7.80. The lowest BCUT2D eigenvalue weighted by molar-refractivity contribution is -0.123. The predicted molar refractivity (Wildman–Crippen MR) is 110 cm³/mol. The van der Waals surface area contributed by atoms with Crippen LogP contribution in [-0.2, 0) is 9.59 Å². The van der Waals surface area contributed by atoms with E-state index in [1.165, 1.54) is 44.6 Å². The van der Waals surface area contributed by atoms with Crippen molar-refractivity contribution in [3.8, 4) is 5.75 Å². The molecular weight excluding hydrogens is 384 g/mol. The van der Waals surface area contributed by atoms with Crippen LogP contribution in [0.4, 0.5) is 0 Å². The third-order valence-electron chi connectivity index (χ3n) is 4.95. The topological polar surface area (TPSA) is 67.4 Å². The van der Waals surface area contributed by atoms with Gasteiger partial charge in [-0.2, -0.15) is 0 Å². The van der Waals surface area contributed by atoms with E-state index < -0.39 is 11.8 Å². The molecule has 0 radical (unpaired) electrons. The number of halogens is 1. The summed E-state index contributed by atoms with van der Waals surface area (Å²) in [6.45, 7) is 0.638. The Labute approximate surface area is 169 Å². The Morgan fingerprint density at radius 1 is 1.15 bits per heavy atom. The minimum Gasteiger partial charge on any atom is -0.492 e. The van der Waals surface area contributed by atoms with Gasteiger partial charge in [0.1, 0.15) is 11.3 Å². The maximum Gasteiger partial charge on any atom is 0.263 e. The maximum atomic E-state index is 11.9. The molecule has 0 atom stereocenters. The van der Waals surface area contributed by atoms with Gasteiger partial charge < -0.3 is 4.74 Å². The molecule has 1 aliphatic heterocycles. The Kier molecular flexibility index (Phi) is 6.85. The number of benzene rings is 1. The van der Waals surface area contributed by atoms with Crippen molar-refractivity contribution in [1.29, 1.82) is 0 Å². The van der Waals surface area contributed by atoms with Crippen molar-refractivity contribution in [3.63, 3.8) is 0 Å². The van der Waals surface area contributed by atoms with Gasteiger partial charge in [0, 0.05) is 0 Å². The molecule has 0 aromatic heterocycles. The monoisotopic (exact) mass is 406 g/mol. The molecule has 1 aromatic carbocycles. The fourth-order valence-corrected chi connectivity index (χ4v) is 3.96. The van der Waals surface area contributed by atoms with E-state index in [4.69, 9.17) is 28.6 Å². The zero-order valence-corrected chi connectivity index (χ0v) is 16.6. The van der Waals surface area contributed by atoms with Gasteiger partial charge in [-0.3, -0.25) is 20.2 Å². The number of nitrogens with one attached hydrogen (secondary N) is 2. The zero-order chi connectivity index (χ0) is 19.2. The molecule has 7 heteroatoms. The van der Waals surface area contributed by atoms with E-state index in [9.17, 15) is 9.59 Å².